The molecule has 0 saturated heterocycles. The van der Waals surface area contributed by atoms with Crippen LogP contribution < -0.4 is 0 Å². The summed E-state index contributed by atoms with van der Waals surface area (Å²) in [6.07, 6.45) is 5.15. The normalized spacial score (nSPS) is 18.7. The number of aliphatic hydroxyl groups excluding tert-OH is 2. The molecular weight excluding hydrogens is 316 g/mol. The molecule has 4 nitrogen and oxygen atoms in total. The van der Waals surface area contributed by atoms with E-state index in [1.165, 1.54) is 5.57 Å². The number of phenolic OH excluding ortho intramolecular Hbond substituents is 1. The number of hydrogen-bond donors (Lipinski definition) is 3. The van der Waals surface area contributed by atoms with Gasteiger partial charge in [-0.1, -0.05) is 43.9 Å². The molecule has 0 amide bonds. The van der Waals surface area contributed by atoms with Crippen LogP contribution in [0.4, 0.5) is 0 Å². The van der Waals surface area contributed by atoms with E-state index in [1.807, 2.05) is 6.07 Å². The van der Waals surface area contributed by atoms with Gasteiger partial charge in [0.1, 0.15) is 5.75 Å². The number of rotatable bonds is 9. The number of hydrogen-bond acceptors (Lipinski definition) is 4. The van der Waals surface area contributed by atoms with Crippen LogP contribution in [0.1, 0.15) is 75.7 Å². The molecule has 0 aromatic heterocycles. The fourth-order valence-corrected chi connectivity index (χ4v) is 3.37. The first-order valence-corrected chi connectivity index (χ1v) is 9.38. The Kier molecular flexibility index (Phi) is 7.48. The second kappa shape index (κ2) is 9.37. The zero-order valence-corrected chi connectivity index (χ0v) is 15.7. The van der Waals surface area contributed by atoms with Crippen LogP contribution in [-0.2, 0) is 17.8 Å². The first kappa shape index (κ1) is 20.0. The topological polar surface area (TPSA) is 69.9 Å². The van der Waals surface area contributed by atoms with E-state index in [4.69, 9.17) is 4.74 Å². The lowest BCUT2D eigenvalue weighted by atomic mass is 9.91. The number of ether oxygens (including phenoxy) is 1. The SMILES string of the molecule is CCCCC[C@@H](O)[C@H](O)C[C@H]1OCc2c(O)ccc(CC=C(C)C)c21. The average Bonchev–Trinajstić information content (AvgIpc) is 2.99. The Bertz CT molecular complexity index is 590. The van der Waals surface area contributed by atoms with Crippen LogP contribution in [0.2, 0.25) is 0 Å². The van der Waals surface area contributed by atoms with Crippen LogP contribution >= 0.6 is 0 Å². The fraction of sp³-hybridized carbons (Fsp3) is 0.619. The molecule has 0 aliphatic carbocycles. The molecule has 2 rings (SSSR count). The second-order valence-corrected chi connectivity index (χ2v) is 7.29. The maximum atomic E-state index is 10.4. The summed E-state index contributed by atoms with van der Waals surface area (Å²) in [6, 6.07) is 3.65. The van der Waals surface area contributed by atoms with Crippen LogP contribution in [0.5, 0.6) is 5.75 Å². The zero-order chi connectivity index (χ0) is 18.4. The highest BCUT2D eigenvalue weighted by Crippen LogP contribution is 2.41. The van der Waals surface area contributed by atoms with E-state index in [0.29, 0.717) is 19.4 Å². The maximum Gasteiger partial charge on any atom is 0.121 e. The largest absolute Gasteiger partial charge is 0.508 e. The van der Waals surface area contributed by atoms with Gasteiger partial charge in [-0.05, 0) is 43.9 Å². The number of fused-ring (bicyclic) bond motifs is 1. The summed E-state index contributed by atoms with van der Waals surface area (Å²) in [7, 11) is 0. The smallest absolute Gasteiger partial charge is 0.121 e. The molecule has 0 spiro atoms. The highest BCUT2D eigenvalue weighted by Gasteiger charge is 2.31. The van der Waals surface area contributed by atoms with Crippen molar-refractivity contribution in [3.63, 3.8) is 0 Å². The van der Waals surface area contributed by atoms with Gasteiger partial charge in [0.25, 0.3) is 0 Å². The predicted octanol–water partition coefficient (Wildman–Crippen LogP) is 4.16. The molecule has 3 N–H and O–H groups in total. The Morgan fingerprint density at radius 1 is 1.24 bits per heavy atom. The second-order valence-electron chi connectivity index (χ2n) is 7.29. The molecule has 3 atom stereocenters. The molecule has 4 heteroatoms. The summed E-state index contributed by atoms with van der Waals surface area (Å²) < 4.78 is 5.85. The Morgan fingerprint density at radius 2 is 2.00 bits per heavy atom. The Hall–Kier alpha value is -1.36. The van der Waals surface area contributed by atoms with Crippen molar-refractivity contribution in [2.45, 2.75) is 84.2 Å². The van der Waals surface area contributed by atoms with Gasteiger partial charge < -0.3 is 20.1 Å². The molecule has 1 heterocycles. The summed E-state index contributed by atoms with van der Waals surface area (Å²) in [5.74, 6) is 0.247. The third-order valence-electron chi connectivity index (χ3n) is 4.91. The number of allylic oxidation sites excluding steroid dienone is 2. The van der Waals surface area contributed by atoms with Crippen molar-refractivity contribution in [1.29, 1.82) is 0 Å². The molecule has 0 fully saturated rings. The van der Waals surface area contributed by atoms with Crippen molar-refractivity contribution >= 4 is 0 Å². The number of unbranched alkanes of at least 4 members (excludes halogenated alkanes) is 2. The van der Waals surface area contributed by atoms with E-state index >= 15 is 0 Å². The molecule has 1 aromatic rings. The minimum absolute atomic E-state index is 0.247. The van der Waals surface area contributed by atoms with E-state index in [2.05, 4.69) is 26.8 Å². The monoisotopic (exact) mass is 348 g/mol. The summed E-state index contributed by atoms with van der Waals surface area (Å²) >= 11 is 0. The number of phenols is 1. The Labute approximate surface area is 151 Å². The molecule has 1 aliphatic heterocycles. The van der Waals surface area contributed by atoms with E-state index in [0.717, 1.165) is 42.4 Å². The van der Waals surface area contributed by atoms with E-state index in [-0.39, 0.29) is 11.9 Å². The van der Waals surface area contributed by atoms with Crippen molar-refractivity contribution in [3.8, 4) is 5.75 Å². The lowest BCUT2D eigenvalue weighted by Crippen LogP contribution is -2.28. The maximum absolute atomic E-state index is 10.4. The lowest BCUT2D eigenvalue weighted by molar-refractivity contribution is -0.0340. The van der Waals surface area contributed by atoms with Gasteiger partial charge in [0.05, 0.1) is 24.9 Å². The summed E-state index contributed by atoms with van der Waals surface area (Å²) in [4.78, 5) is 0. The van der Waals surface area contributed by atoms with Crippen molar-refractivity contribution in [2.24, 2.45) is 0 Å². The standard InChI is InChI=1S/C21H32O4/c1-4-5-6-7-18(23)19(24)12-20-21-15(9-8-14(2)3)10-11-17(22)16(21)13-25-20/h8,10-11,18-20,22-24H,4-7,9,12-13H2,1-3H3/t18-,19-,20-/m1/s1. The van der Waals surface area contributed by atoms with Crippen LogP contribution in [0.15, 0.2) is 23.8 Å². The van der Waals surface area contributed by atoms with E-state index in [9.17, 15) is 15.3 Å². The molecule has 0 saturated carbocycles. The van der Waals surface area contributed by atoms with Gasteiger partial charge >= 0.3 is 0 Å². The molecule has 0 unspecified atom stereocenters. The van der Waals surface area contributed by atoms with Gasteiger partial charge in [-0.15, -0.1) is 0 Å². The highest BCUT2D eigenvalue weighted by molar-refractivity contribution is 5.48. The minimum Gasteiger partial charge on any atom is -0.508 e. The molecular formula is C21H32O4. The first-order chi connectivity index (χ1) is 11.9. The van der Waals surface area contributed by atoms with Gasteiger partial charge in [0, 0.05) is 12.0 Å². The van der Waals surface area contributed by atoms with Crippen molar-refractivity contribution in [2.75, 3.05) is 0 Å². The lowest BCUT2D eigenvalue weighted by Gasteiger charge is -2.22. The van der Waals surface area contributed by atoms with Crippen LogP contribution in [0.25, 0.3) is 0 Å². The molecule has 0 bridgehead atoms. The highest BCUT2D eigenvalue weighted by atomic mass is 16.5. The first-order valence-electron chi connectivity index (χ1n) is 9.38. The van der Waals surface area contributed by atoms with Crippen molar-refractivity contribution in [3.05, 3.63) is 40.5 Å². The summed E-state index contributed by atoms with van der Waals surface area (Å²) in [5, 5.41) is 30.7. The molecule has 0 radical (unpaired) electrons. The van der Waals surface area contributed by atoms with E-state index < -0.39 is 12.2 Å². The average molecular weight is 348 g/mol. The van der Waals surface area contributed by atoms with Gasteiger partial charge in [-0.3, -0.25) is 0 Å². The van der Waals surface area contributed by atoms with Crippen LogP contribution in [0, 0.1) is 0 Å². The van der Waals surface area contributed by atoms with Crippen molar-refractivity contribution < 1.29 is 20.1 Å². The Balaban J connectivity index is 2.11. The van der Waals surface area contributed by atoms with Crippen molar-refractivity contribution in [1.82, 2.24) is 0 Å². The van der Waals surface area contributed by atoms with Gasteiger partial charge in [-0.25, -0.2) is 0 Å². The van der Waals surface area contributed by atoms with E-state index in [1.54, 1.807) is 6.07 Å². The quantitative estimate of drug-likeness (QED) is 0.463. The Morgan fingerprint density at radius 3 is 2.68 bits per heavy atom. The summed E-state index contributed by atoms with van der Waals surface area (Å²) in [6.45, 7) is 6.59. The number of benzene rings is 1. The predicted molar refractivity (Wildman–Crippen MR) is 99.5 cm³/mol. The third kappa shape index (κ3) is 5.30. The third-order valence-corrected chi connectivity index (χ3v) is 4.91. The summed E-state index contributed by atoms with van der Waals surface area (Å²) in [5.41, 5.74) is 4.16. The van der Waals surface area contributed by atoms with Crippen LogP contribution in [0.3, 0.4) is 0 Å². The fourth-order valence-electron chi connectivity index (χ4n) is 3.37. The minimum atomic E-state index is -0.813. The number of aromatic hydroxyl groups is 1. The van der Waals surface area contributed by atoms with Crippen LogP contribution in [-0.4, -0.2) is 27.5 Å². The number of aliphatic hydroxyl groups is 2. The van der Waals surface area contributed by atoms with Gasteiger partial charge in [0.15, 0.2) is 0 Å². The molecule has 140 valence electrons. The molecule has 1 aliphatic rings. The molecule has 25 heavy (non-hydrogen) atoms. The van der Waals surface area contributed by atoms with Gasteiger partial charge in [-0.2, -0.15) is 0 Å². The van der Waals surface area contributed by atoms with Gasteiger partial charge in [0.2, 0.25) is 0 Å². The molecule has 1 aromatic carbocycles. The zero-order valence-electron chi connectivity index (χ0n) is 15.7.